The van der Waals surface area contributed by atoms with E-state index in [-0.39, 0.29) is 11.7 Å². The van der Waals surface area contributed by atoms with Crippen LogP contribution in [-0.2, 0) is 4.79 Å². The maximum absolute atomic E-state index is 12.5. The lowest BCUT2D eigenvalue weighted by Gasteiger charge is -2.11. The van der Waals surface area contributed by atoms with Gasteiger partial charge in [-0.25, -0.2) is 0 Å². The van der Waals surface area contributed by atoms with Gasteiger partial charge in [0.05, 0.1) is 12.4 Å². The van der Waals surface area contributed by atoms with E-state index in [1.807, 2.05) is 73.7 Å². The van der Waals surface area contributed by atoms with Crippen molar-refractivity contribution in [1.82, 2.24) is 20.2 Å². The third kappa shape index (κ3) is 4.22. The lowest BCUT2D eigenvalue weighted by atomic mass is 10.1. The second-order valence-electron chi connectivity index (χ2n) is 6.14. The van der Waals surface area contributed by atoms with Gasteiger partial charge in [0.1, 0.15) is 11.4 Å². The van der Waals surface area contributed by atoms with Gasteiger partial charge in [0, 0.05) is 11.1 Å². The topological polar surface area (TPSA) is 81.9 Å². The second kappa shape index (κ2) is 8.74. The fourth-order valence-electron chi connectivity index (χ4n) is 2.98. The number of nitrogens with zero attached hydrogens (tertiary/aromatic N) is 4. The largest absolute Gasteiger partial charge is 0.492 e. The predicted molar refractivity (Wildman–Crippen MR) is 114 cm³/mol. The minimum Gasteiger partial charge on any atom is -0.492 e. The van der Waals surface area contributed by atoms with Crippen LogP contribution in [0.4, 0.5) is 5.69 Å². The van der Waals surface area contributed by atoms with Crippen LogP contribution < -0.4 is 10.1 Å². The number of tetrazole rings is 1. The Bertz CT molecular complexity index is 1140. The number of aromatic nitrogens is 4. The number of carbonyl (C=O) groups excluding carboxylic acids is 1. The molecule has 8 heteroatoms. The molecule has 7 nitrogen and oxygen atoms in total. The standard InChI is InChI=1S/C21H19N5O2S/c1-2-28-19-13-6-5-12-18(19)26-21(23-24-25-26)29-14-20(27)22-17-11-7-9-15-8-3-4-10-16(15)17/h3-13H,2,14H2,1H3,(H,22,27). The zero-order chi connectivity index (χ0) is 20.1. The molecule has 0 fully saturated rings. The van der Waals surface area contributed by atoms with Crippen LogP contribution in [0.25, 0.3) is 16.5 Å². The van der Waals surface area contributed by atoms with Gasteiger partial charge in [0.25, 0.3) is 0 Å². The summed E-state index contributed by atoms with van der Waals surface area (Å²) in [6.07, 6.45) is 0. The lowest BCUT2D eigenvalue weighted by molar-refractivity contribution is -0.113. The lowest BCUT2D eigenvalue weighted by Crippen LogP contribution is -2.15. The van der Waals surface area contributed by atoms with Crippen molar-refractivity contribution in [3.63, 3.8) is 0 Å². The molecular weight excluding hydrogens is 386 g/mol. The molecule has 0 radical (unpaired) electrons. The zero-order valence-corrected chi connectivity index (χ0v) is 16.6. The van der Waals surface area contributed by atoms with Gasteiger partial charge in [-0.15, -0.1) is 5.10 Å². The number of hydrogen-bond acceptors (Lipinski definition) is 6. The molecule has 146 valence electrons. The first-order chi connectivity index (χ1) is 14.3. The number of nitrogens with one attached hydrogen (secondary N) is 1. The van der Waals surface area contributed by atoms with E-state index in [1.54, 1.807) is 4.68 Å². The van der Waals surface area contributed by atoms with Crippen molar-refractivity contribution in [3.05, 3.63) is 66.7 Å². The highest BCUT2D eigenvalue weighted by Gasteiger charge is 2.15. The number of rotatable bonds is 7. The Kier molecular flexibility index (Phi) is 5.71. The summed E-state index contributed by atoms with van der Waals surface area (Å²) in [6, 6.07) is 21.3. The van der Waals surface area contributed by atoms with Crippen molar-refractivity contribution < 1.29 is 9.53 Å². The fraction of sp³-hybridized carbons (Fsp3) is 0.143. The van der Waals surface area contributed by atoms with Gasteiger partial charge >= 0.3 is 0 Å². The number of anilines is 1. The molecular formula is C21H19N5O2S. The van der Waals surface area contributed by atoms with E-state index >= 15 is 0 Å². The van der Waals surface area contributed by atoms with Crippen LogP contribution in [-0.4, -0.2) is 38.5 Å². The Morgan fingerprint density at radius 1 is 1.07 bits per heavy atom. The second-order valence-corrected chi connectivity index (χ2v) is 7.08. The van der Waals surface area contributed by atoms with Crippen LogP contribution in [0, 0.1) is 0 Å². The summed E-state index contributed by atoms with van der Waals surface area (Å²) in [5.41, 5.74) is 1.52. The third-order valence-electron chi connectivity index (χ3n) is 4.23. The molecule has 0 saturated carbocycles. The number of hydrogen-bond donors (Lipinski definition) is 1. The summed E-state index contributed by atoms with van der Waals surface area (Å²) < 4.78 is 7.24. The SMILES string of the molecule is CCOc1ccccc1-n1nnnc1SCC(=O)Nc1cccc2ccccc12. The normalized spacial score (nSPS) is 10.8. The van der Waals surface area contributed by atoms with E-state index in [0.29, 0.717) is 17.5 Å². The summed E-state index contributed by atoms with van der Waals surface area (Å²) in [6.45, 7) is 2.46. The molecule has 0 aliphatic rings. The molecule has 1 amide bonds. The van der Waals surface area contributed by atoms with E-state index in [1.165, 1.54) is 11.8 Å². The molecule has 0 aliphatic carbocycles. The Labute approximate surface area is 172 Å². The van der Waals surface area contributed by atoms with Crippen molar-refractivity contribution >= 4 is 34.1 Å². The smallest absolute Gasteiger partial charge is 0.234 e. The van der Waals surface area contributed by atoms with Crippen LogP contribution in [0.3, 0.4) is 0 Å². The summed E-state index contributed by atoms with van der Waals surface area (Å²) >= 11 is 1.27. The Morgan fingerprint density at radius 3 is 2.76 bits per heavy atom. The van der Waals surface area contributed by atoms with Gasteiger partial charge in [-0.2, -0.15) is 4.68 Å². The van der Waals surface area contributed by atoms with E-state index in [9.17, 15) is 4.79 Å². The summed E-state index contributed by atoms with van der Waals surface area (Å²) in [5, 5.41) is 17.4. The van der Waals surface area contributed by atoms with Crippen molar-refractivity contribution in [2.75, 3.05) is 17.7 Å². The predicted octanol–water partition coefficient (Wildman–Crippen LogP) is 3.95. The van der Waals surface area contributed by atoms with Crippen molar-refractivity contribution in [2.24, 2.45) is 0 Å². The molecule has 0 bridgehead atoms. The molecule has 0 aliphatic heterocycles. The van der Waals surface area contributed by atoms with E-state index in [4.69, 9.17) is 4.74 Å². The number of carbonyl (C=O) groups is 1. The number of thioether (sulfide) groups is 1. The third-order valence-corrected chi connectivity index (χ3v) is 5.15. The molecule has 0 atom stereocenters. The maximum Gasteiger partial charge on any atom is 0.234 e. The van der Waals surface area contributed by atoms with Crippen LogP contribution in [0.15, 0.2) is 71.9 Å². The zero-order valence-electron chi connectivity index (χ0n) is 15.8. The first-order valence-corrected chi connectivity index (χ1v) is 10.2. The van der Waals surface area contributed by atoms with Crippen molar-refractivity contribution in [1.29, 1.82) is 0 Å². The molecule has 1 aromatic heterocycles. The molecule has 4 aromatic rings. The minimum atomic E-state index is -0.126. The average molecular weight is 405 g/mol. The van der Waals surface area contributed by atoms with E-state index in [2.05, 4.69) is 20.8 Å². The van der Waals surface area contributed by atoms with Crippen LogP contribution in [0.5, 0.6) is 5.75 Å². The Balaban J connectivity index is 1.48. The number of para-hydroxylation sites is 2. The molecule has 1 N–H and O–H groups in total. The maximum atomic E-state index is 12.5. The highest BCUT2D eigenvalue weighted by Crippen LogP contribution is 2.27. The van der Waals surface area contributed by atoms with Crippen LogP contribution >= 0.6 is 11.8 Å². The number of fused-ring (bicyclic) bond motifs is 1. The highest BCUT2D eigenvalue weighted by molar-refractivity contribution is 7.99. The van der Waals surface area contributed by atoms with Gasteiger partial charge in [-0.3, -0.25) is 4.79 Å². The van der Waals surface area contributed by atoms with E-state index in [0.717, 1.165) is 22.1 Å². The van der Waals surface area contributed by atoms with Gasteiger partial charge in [-0.1, -0.05) is 60.3 Å². The Hall–Kier alpha value is -3.39. The molecule has 4 rings (SSSR count). The quantitative estimate of drug-likeness (QED) is 0.469. The fourth-order valence-corrected chi connectivity index (χ4v) is 3.66. The number of ether oxygens (including phenoxy) is 1. The molecule has 3 aromatic carbocycles. The Morgan fingerprint density at radius 2 is 1.86 bits per heavy atom. The summed E-state index contributed by atoms with van der Waals surface area (Å²) in [5.74, 6) is 0.740. The van der Waals surface area contributed by atoms with Crippen molar-refractivity contribution in [2.45, 2.75) is 12.1 Å². The van der Waals surface area contributed by atoms with Gasteiger partial charge in [0.2, 0.25) is 11.1 Å². The first-order valence-electron chi connectivity index (χ1n) is 9.17. The summed E-state index contributed by atoms with van der Waals surface area (Å²) in [4.78, 5) is 12.5. The highest BCUT2D eigenvalue weighted by atomic mass is 32.2. The molecule has 0 saturated heterocycles. The minimum absolute atomic E-state index is 0.126. The monoisotopic (exact) mass is 405 g/mol. The molecule has 29 heavy (non-hydrogen) atoms. The van der Waals surface area contributed by atoms with Crippen LogP contribution in [0.1, 0.15) is 6.92 Å². The number of benzene rings is 3. The first kappa shape index (κ1) is 18.9. The van der Waals surface area contributed by atoms with Gasteiger partial charge in [-0.05, 0) is 40.9 Å². The number of amides is 1. The molecule has 0 unspecified atom stereocenters. The van der Waals surface area contributed by atoms with Gasteiger partial charge < -0.3 is 10.1 Å². The van der Waals surface area contributed by atoms with Crippen molar-refractivity contribution in [3.8, 4) is 11.4 Å². The van der Waals surface area contributed by atoms with Gasteiger partial charge in [0.15, 0.2) is 0 Å². The molecule has 1 heterocycles. The average Bonchev–Trinajstić information content (AvgIpc) is 3.22. The van der Waals surface area contributed by atoms with E-state index < -0.39 is 0 Å². The van der Waals surface area contributed by atoms with Crippen LogP contribution in [0.2, 0.25) is 0 Å². The summed E-state index contributed by atoms with van der Waals surface area (Å²) in [7, 11) is 0. The molecule has 0 spiro atoms.